The fourth-order valence-electron chi connectivity index (χ4n) is 3.20. The number of carbonyl (C=O) groups is 1. The molecular formula is C20H20N6O2. The first-order chi connectivity index (χ1) is 13.7. The molecule has 0 atom stereocenters. The average molecular weight is 376 g/mol. The first-order valence-electron chi connectivity index (χ1n) is 9.18. The molecule has 1 fully saturated rings. The minimum absolute atomic E-state index is 0.0960. The van der Waals surface area contributed by atoms with Crippen LogP contribution in [0.3, 0.4) is 0 Å². The Labute approximate surface area is 161 Å². The fraction of sp³-hybridized carbons (Fsp3) is 0.250. The van der Waals surface area contributed by atoms with Crippen LogP contribution in [0.1, 0.15) is 12.8 Å². The third-order valence-electron chi connectivity index (χ3n) is 4.63. The fourth-order valence-corrected chi connectivity index (χ4v) is 3.20. The van der Waals surface area contributed by atoms with E-state index in [2.05, 4.69) is 25.4 Å². The minimum Gasteiger partial charge on any atom is -0.355 e. The maximum atomic E-state index is 12.2. The highest BCUT2D eigenvalue weighted by Gasteiger charge is 2.14. The topological polar surface area (TPSA) is 93.0 Å². The van der Waals surface area contributed by atoms with Crippen molar-refractivity contribution in [3.05, 3.63) is 65.3 Å². The van der Waals surface area contributed by atoms with E-state index in [0.29, 0.717) is 5.69 Å². The molecule has 1 N–H and O–H groups in total. The van der Waals surface area contributed by atoms with Gasteiger partial charge in [0, 0.05) is 36.6 Å². The van der Waals surface area contributed by atoms with E-state index in [9.17, 15) is 9.59 Å². The lowest BCUT2D eigenvalue weighted by Gasteiger charge is -2.15. The summed E-state index contributed by atoms with van der Waals surface area (Å²) >= 11 is 0. The molecule has 0 aliphatic carbocycles. The maximum Gasteiger partial charge on any atom is 0.253 e. The number of benzene rings is 1. The molecule has 0 bridgehead atoms. The smallest absolute Gasteiger partial charge is 0.253 e. The van der Waals surface area contributed by atoms with Gasteiger partial charge in [0.25, 0.3) is 5.56 Å². The lowest BCUT2D eigenvalue weighted by molar-refractivity contribution is -0.116. The normalized spacial score (nSPS) is 13.5. The summed E-state index contributed by atoms with van der Waals surface area (Å²) in [5, 5.41) is 11.5. The molecule has 0 saturated carbocycles. The largest absolute Gasteiger partial charge is 0.355 e. The van der Waals surface area contributed by atoms with Gasteiger partial charge in [-0.1, -0.05) is 12.1 Å². The van der Waals surface area contributed by atoms with Crippen LogP contribution >= 0.6 is 0 Å². The Morgan fingerprint density at radius 2 is 1.93 bits per heavy atom. The molecule has 142 valence electrons. The van der Waals surface area contributed by atoms with Crippen LogP contribution in [0.2, 0.25) is 0 Å². The zero-order chi connectivity index (χ0) is 19.3. The summed E-state index contributed by atoms with van der Waals surface area (Å²) in [6.45, 7) is 1.95. The van der Waals surface area contributed by atoms with Crippen LogP contribution in [0, 0.1) is 0 Å². The van der Waals surface area contributed by atoms with Crippen molar-refractivity contribution in [2.75, 3.05) is 23.3 Å². The van der Waals surface area contributed by atoms with Crippen molar-refractivity contribution in [1.82, 2.24) is 19.7 Å². The maximum absolute atomic E-state index is 12.2. The van der Waals surface area contributed by atoms with Gasteiger partial charge in [0.1, 0.15) is 6.54 Å². The predicted molar refractivity (Wildman–Crippen MR) is 106 cm³/mol. The summed E-state index contributed by atoms with van der Waals surface area (Å²) < 4.78 is 1.25. The van der Waals surface area contributed by atoms with Crippen LogP contribution in [-0.4, -0.2) is 38.7 Å². The van der Waals surface area contributed by atoms with Crippen LogP contribution < -0.4 is 15.8 Å². The summed E-state index contributed by atoms with van der Waals surface area (Å²) in [6, 6.07) is 12.6. The molecule has 1 aliphatic heterocycles. The van der Waals surface area contributed by atoms with Crippen molar-refractivity contribution >= 4 is 17.4 Å². The molecule has 3 aromatic rings. The molecule has 8 heteroatoms. The average Bonchev–Trinajstić information content (AvgIpc) is 3.25. The number of anilines is 2. The summed E-state index contributed by atoms with van der Waals surface area (Å²) in [4.78, 5) is 30.0. The highest BCUT2D eigenvalue weighted by atomic mass is 16.2. The molecule has 8 nitrogen and oxygen atoms in total. The van der Waals surface area contributed by atoms with E-state index in [1.165, 1.54) is 36.0 Å². The molecule has 0 spiro atoms. The predicted octanol–water partition coefficient (Wildman–Crippen LogP) is 1.94. The number of rotatable bonds is 5. The Morgan fingerprint density at radius 1 is 1.07 bits per heavy atom. The highest BCUT2D eigenvalue weighted by Crippen LogP contribution is 2.23. The zero-order valence-corrected chi connectivity index (χ0v) is 15.3. The first-order valence-corrected chi connectivity index (χ1v) is 9.18. The van der Waals surface area contributed by atoms with Crippen molar-refractivity contribution in [1.29, 1.82) is 0 Å². The van der Waals surface area contributed by atoms with Gasteiger partial charge < -0.3 is 10.2 Å². The van der Waals surface area contributed by atoms with E-state index in [-0.39, 0.29) is 18.0 Å². The van der Waals surface area contributed by atoms with E-state index in [0.717, 1.165) is 30.2 Å². The molecular weight excluding hydrogens is 356 g/mol. The standard InChI is InChI=1S/C20H20N6O2/c27-19(13-26-14-21-9-8-20(26)28)22-16-5-3-4-15(12-16)17-6-7-18(24-23-17)25-10-1-2-11-25/h3-9,12,14H,1-2,10-11,13H2,(H,22,27). The van der Waals surface area contributed by atoms with Gasteiger partial charge in [0.05, 0.1) is 12.0 Å². The first kappa shape index (κ1) is 17.8. The Morgan fingerprint density at radius 3 is 2.68 bits per heavy atom. The minimum atomic E-state index is -0.303. The molecule has 0 unspecified atom stereocenters. The third-order valence-corrected chi connectivity index (χ3v) is 4.63. The third kappa shape index (κ3) is 4.06. The van der Waals surface area contributed by atoms with Crippen LogP contribution in [0.5, 0.6) is 0 Å². The monoisotopic (exact) mass is 376 g/mol. The molecule has 28 heavy (non-hydrogen) atoms. The molecule has 1 amide bonds. The number of hydrogen-bond acceptors (Lipinski definition) is 6. The van der Waals surface area contributed by atoms with Crippen molar-refractivity contribution in [3.63, 3.8) is 0 Å². The number of nitrogens with zero attached hydrogens (tertiary/aromatic N) is 5. The highest BCUT2D eigenvalue weighted by molar-refractivity contribution is 5.91. The molecule has 0 radical (unpaired) electrons. The molecule has 1 aliphatic rings. The van der Waals surface area contributed by atoms with Gasteiger partial charge in [-0.2, -0.15) is 0 Å². The summed E-state index contributed by atoms with van der Waals surface area (Å²) in [5.41, 5.74) is 1.96. The van der Waals surface area contributed by atoms with Crippen LogP contribution in [0.25, 0.3) is 11.3 Å². The van der Waals surface area contributed by atoms with Crippen LogP contribution in [-0.2, 0) is 11.3 Å². The van der Waals surface area contributed by atoms with Gasteiger partial charge in [-0.3, -0.25) is 14.2 Å². The van der Waals surface area contributed by atoms with E-state index in [1.807, 2.05) is 30.3 Å². The second kappa shape index (κ2) is 7.99. The van der Waals surface area contributed by atoms with Gasteiger partial charge in [-0.15, -0.1) is 10.2 Å². The van der Waals surface area contributed by atoms with Crippen LogP contribution in [0.4, 0.5) is 11.5 Å². The quantitative estimate of drug-likeness (QED) is 0.731. The summed E-state index contributed by atoms with van der Waals surface area (Å²) in [6.07, 6.45) is 5.12. The molecule has 4 rings (SSSR count). The van der Waals surface area contributed by atoms with E-state index >= 15 is 0 Å². The number of amides is 1. The van der Waals surface area contributed by atoms with Gasteiger partial charge in [-0.25, -0.2) is 4.98 Å². The van der Waals surface area contributed by atoms with Crippen molar-refractivity contribution in [2.45, 2.75) is 19.4 Å². The van der Waals surface area contributed by atoms with Crippen molar-refractivity contribution < 1.29 is 4.79 Å². The summed E-state index contributed by atoms with van der Waals surface area (Å²) in [5.74, 6) is 0.593. The Bertz CT molecular complexity index is 1030. The van der Waals surface area contributed by atoms with Crippen molar-refractivity contribution in [3.8, 4) is 11.3 Å². The molecule has 2 aromatic heterocycles. The second-order valence-corrected chi connectivity index (χ2v) is 6.65. The second-order valence-electron chi connectivity index (χ2n) is 6.65. The Kier molecular flexibility index (Phi) is 5.09. The lowest BCUT2D eigenvalue weighted by atomic mass is 10.1. The van der Waals surface area contributed by atoms with Crippen molar-refractivity contribution in [2.24, 2.45) is 0 Å². The number of nitrogens with one attached hydrogen (secondary N) is 1. The lowest BCUT2D eigenvalue weighted by Crippen LogP contribution is -2.26. The van der Waals surface area contributed by atoms with Gasteiger partial charge in [-0.05, 0) is 37.1 Å². The molecule has 1 aromatic carbocycles. The van der Waals surface area contributed by atoms with E-state index in [1.54, 1.807) is 6.07 Å². The van der Waals surface area contributed by atoms with Gasteiger partial charge >= 0.3 is 0 Å². The molecule has 3 heterocycles. The summed E-state index contributed by atoms with van der Waals surface area (Å²) in [7, 11) is 0. The number of hydrogen-bond donors (Lipinski definition) is 1. The molecule has 1 saturated heterocycles. The SMILES string of the molecule is O=C(Cn1cnccc1=O)Nc1cccc(-c2ccc(N3CCCC3)nn2)c1. The Balaban J connectivity index is 1.46. The van der Waals surface area contributed by atoms with Gasteiger partial charge in [0.2, 0.25) is 5.91 Å². The van der Waals surface area contributed by atoms with E-state index < -0.39 is 0 Å². The van der Waals surface area contributed by atoms with Gasteiger partial charge in [0.15, 0.2) is 5.82 Å². The van der Waals surface area contributed by atoms with Crippen LogP contribution in [0.15, 0.2) is 59.8 Å². The van der Waals surface area contributed by atoms with E-state index in [4.69, 9.17) is 0 Å². The number of aromatic nitrogens is 4. The zero-order valence-electron chi connectivity index (χ0n) is 15.3. The Hall–Kier alpha value is -3.55. The number of carbonyl (C=O) groups excluding carboxylic acids is 1.